The fraction of sp³-hybridized carbons (Fsp3) is 0.897. The summed E-state index contributed by atoms with van der Waals surface area (Å²) in [4.78, 5) is 24.1. The van der Waals surface area contributed by atoms with Gasteiger partial charge in [0.15, 0.2) is 0 Å². The highest BCUT2D eigenvalue weighted by Gasteiger charge is 2.39. The molecule has 0 saturated heterocycles. The van der Waals surface area contributed by atoms with Gasteiger partial charge in [0.2, 0.25) is 0 Å². The van der Waals surface area contributed by atoms with Crippen LogP contribution in [0.1, 0.15) is 168 Å². The molecule has 47 heavy (non-hydrogen) atoms. The molecule has 0 unspecified atom stereocenters. The normalized spacial score (nSPS) is 21.0. The van der Waals surface area contributed by atoms with E-state index in [2.05, 4.69) is 20.8 Å². The molecule has 1 aliphatic carbocycles. The third kappa shape index (κ3) is 23.5. The number of carbonyl (C=O) groups is 2. The highest BCUT2D eigenvalue weighted by Crippen LogP contribution is 2.37. The lowest BCUT2D eigenvalue weighted by Crippen LogP contribution is -2.25. The van der Waals surface area contributed by atoms with Crippen molar-refractivity contribution in [1.82, 2.24) is 0 Å². The summed E-state index contributed by atoms with van der Waals surface area (Å²) in [6.07, 6.45) is 23.4. The Morgan fingerprint density at radius 3 is 1.70 bits per heavy atom. The molecule has 0 heterocycles. The van der Waals surface area contributed by atoms with Crippen molar-refractivity contribution in [3.63, 3.8) is 0 Å². The molecule has 6 atom stereocenters. The van der Waals surface area contributed by atoms with E-state index in [4.69, 9.17) is 9.47 Å². The Morgan fingerprint density at radius 1 is 0.681 bits per heavy atom. The van der Waals surface area contributed by atoms with Crippen molar-refractivity contribution < 1.29 is 39.5 Å². The second-order valence-corrected chi connectivity index (χ2v) is 14.5. The maximum atomic E-state index is 12.1. The third-order valence-electron chi connectivity index (χ3n) is 9.53. The predicted molar refractivity (Wildman–Crippen MR) is 189 cm³/mol. The van der Waals surface area contributed by atoms with Crippen molar-refractivity contribution in [3.8, 4) is 0 Å². The summed E-state index contributed by atoms with van der Waals surface area (Å²) in [6, 6.07) is 0. The molecule has 0 amide bonds. The van der Waals surface area contributed by atoms with Crippen molar-refractivity contribution in [1.29, 1.82) is 0 Å². The zero-order chi connectivity index (χ0) is 34.7. The second kappa shape index (κ2) is 28.4. The van der Waals surface area contributed by atoms with Gasteiger partial charge in [-0.1, -0.05) is 136 Å². The van der Waals surface area contributed by atoms with Gasteiger partial charge in [-0.2, -0.15) is 0 Å². The quantitative estimate of drug-likeness (QED) is 0.0344. The number of hydrogen-bond donors (Lipinski definition) is 4. The Hall–Kier alpha value is -1.48. The Labute approximate surface area is 287 Å². The van der Waals surface area contributed by atoms with Crippen LogP contribution in [0.3, 0.4) is 0 Å². The van der Waals surface area contributed by atoms with Gasteiger partial charge in [-0.05, 0) is 37.5 Å². The molecule has 8 heteroatoms. The summed E-state index contributed by atoms with van der Waals surface area (Å²) in [6.45, 7) is 6.35. The predicted octanol–water partition coefficient (Wildman–Crippen LogP) is 7.97. The fourth-order valence-electron chi connectivity index (χ4n) is 6.54. The summed E-state index contributed by atoms with van der Waals surface area (Å²) in [7, 11) is 0. The molecule has 276 valence electrons. The van der Waals surface area contributed by atoms with E-state index in [1.807, 2.05) is 6.08 Å². The summed E-state index contributed by atoms with van der Waals surface area (Å²) < 4.78 is 10.3. The lowest BCUT2D eigenvalue weighted by molar-refractivity contribution is -0.152. The van der Waals surface area contributed by atoms with Gasteiger partial charge < -0.3 is 29.9 Å². The highest BCUT2D eigenvalue weighted by atomic mass is 16.6. The van der Waals surface area contributed by atoms with E-state index < -0.39 is 24.4 Å². The van der Waals surface area contributed by atoms with Crippen LogP contribution in [0.25, 0.3) is 0 Å². The molecule has 0 aromatic carbocycles. The largest absolute Gasteiger partial charge is 0.463 e. The lowest BCUT2D eigenvalue weighted by atomic mass is 9.88. The van der Waals surface area contributed by atoms with Crippen LogP contribution in [0.4, 0.5) is 0 Å². The Kier molecular flexibility index (Phi) is 26.3. The molecular formula is C39H72O8. The number of unbranched alkanes of at least 4 members (excludes halogenated alkanes) is 14. The maximum Gasteiger partial charge on any atom is 0.305 e. The summed E-state index contributed by atoms with van der Waals surface area (Å²) >= 11 is 0. The van der Waals surface area contributed by atoms with Gasteiger partial charge in [0, 0.05) is 25.2 Å². The zero-order valence-corrected chi connectivity index (χ0v) is 30.3. The average Bonchev–Trinajstić information content (AvgIpc) is 3.30. The molecule has 1 aliphatic rings. The molecular weight excluding hydrogens is 596 g/mol. The van der Waals surface area contributed by atoms with Gasteiger partial charge >= 0.3 is 11.9 Å². The number of hydrogen-bond acceptors (Lipinski definition) is 8. The minimum Gasteiger partial charge on any atom is -0.463 e. The van der Waals surface area contributed by atoms with Crippen molar-refractivity contribution in [2.75, 3.05) is 13.2 Å². The zero-order valence-electron chi connectivity index (χ0n) is 30.3. The topological polar surface area (TPSA) is 134 Å². The minimum atomic E-state index is -1.03. The third-order valence-corrected chi connectivity index (χ3v) is 9.53. The Bertz CT molecular complexity index is 800. The number of ether oxygens (including phenoxy) is 2. The van der Waals surface area contributed by atoms with Gasteiger partial charge in [0.25, 0.3) is 0 Å². The van der Waals surface area contributed by atoms with Crippen LogP contribution in [0.2, 0.25) is 0 Å². The van der Waals surface area contributed by atoms with Crippen LogP contribution >= 0.6 is 0 Å². The Morgan fingerprint density at radius 2 is 1.17 bits per heavy atom. The van der Waals surface area contributed by atoms with E-state index in [-0.39, 0.29) is 43.4 Å². The van der Waals surface area contributed by atoms with Crippen LogP contribution < -0.4 is 0 Å². The smallest absolute Gasteiger partial charge is 0.305 e. The number of aliphatic hydroxyl groups excluding tert-OH is 4. The first kappa shape index (κ1) is 43.5. The molecule has 0 aromatic rings. The van der Waals surface area contributed by atoms with Gasteiger partial charge in [-0.3, -0.25) is 9.59 Å². The number of rotatable bonds is 30. The number of carbonyl (C=O) groups excluding carboxylic acids is 2. The van der Waals surface area contributed by atoms with E-state index in [0.29, 0.717) is 25.7 Å². The van der Waals surface area contributed by atoms with Crippen LogP contribution in [0.5, 0.6) is 0 Å². The van der Waals surface area contributed by atoms with E-state index in [1.165, 1.54) is 51.4 Å². The first-order valence-electron chi connectivity index (χ1n) is 19.4. The summed E-state index contributed by atoms with van der Waals surface area (Å²) in [5.41, 5.74) is 0. The molecule has 1 saturated carbocycles. The van der Waals surface area contributed by atoms with Crippen LogP contribution in [0.15, 0.2) is 12.2 Å². The van der Waals surface area contributed by atoms with Gasteiger partial charge in [-0.15, -0.1) is 0 Å². The highest BCUT2D eigenvalue weighted by molar-refractivity contribution is 5.69. The molecule has 1 fully saturated rings. The first-order chi connectivity index (χ1) is 22.6. The molecule has 0 bridgehead atoms. The molecule has 1 rings (SSSR count). The van der Waals surface area contributed by atoms with Crippen LogP contribution in [-0.4, -0.2) is 70.0 Å². The lowest BCUT2D eigenvalue weighted by Gasteiger charge is -2.21. The molecule has 4 N–H and O–H groups in total. The SMILES string of the molecule is CCCCC[C@H](O)/C=C/[C@@H]1[C@@H](CCCCCCC(=O)OC[C@@H](O)COC(=O)CCCCCCCCCCCCC(C)C)[C@@H](O)C[C@H]1O. The minimum absolute atomic E-state index is 0.0292. The second-order valence-electron chi connectivity index (χ2n) is 14.5. The Balaban J connectivity index is 2.03. The van der Waals surface area contributed by atoms with E-state index in [9.17, 15) is 30.0 Å². The fourth-order valence-corrected chi connectivity index (χ4v) is 6.54. The summed E-state index contributed by atoms with van der Waals surface area (Å²) in [5, 5.41) is 41.1. The van der Waals surface area contributed by atoms with Crippen molar-refractivity contribution in [2.24, 2.45) is 17.8 Å². The van der Waals surface area contributed by atoms with E-state index >= 15 is 0 Å². The number of esters is 2. The maximum absolute atomic E-state index is 12.1. The van der Waals surface area contributed by atoms with Crippen molar-refractivity contribution in [2.45, 2.75) is 193 Å². The molecule has 8 nitrogen and oxygen atoms in total. The van der Waals surface area contributed by atoms with E-state index in [0.717, 1.165) is 70.1 Å². The number of aliphatic hydroxyl groups is 4. The summed E-state index contributed by atoms with van der Waals surface area (Å²) in [5.74, 6) is -0.0609. The van der Waals surface area contributed by atoms with Gasteiger partial charge in [0.1, 0.15) is 19.3 Å². The van der Waals surface area contributed by atoms with Gasteiger partial charge in [-0.25, -0.2) is 0 Å². The molecule has 0 radical (unpaired) electrons. The van der Waals surface area contributed by atoms with Crippen LogP contribution in [0, 0.1) is 17.8 Å². The van der Waals surface area contributed by atoms with Crippen molar-refractivity contribution in [3.05, 3.63) is 12.2 Å². The van der Waals surface area contributed by atoms with E-state index in [1.54, 1.807) is 6.08 Å². The monoisotopic (exact) mass is 669 g/mol. The molecule has 0 aliphatic heterocycles. The standard InChI is InChI=1S/C39H72O8/c1-4-5-16-22-32(40)26-27-35-34(36(42)28-37(35)43)23-18-14-15-20-25-39(45)47-30-33(41)29-46-38(44)24-19-13-11-9-7-6-8-10-12-17-21-31(2)3/h26-27,31-37,40-43H,4-25,28-30H2,1-3H3/b27-26+/t32-,33-,34+,35+,36-,37+/m0/s1. The molecule has 0 spiro atoms. The van der Waals surface area contributed by atoms with Gasteiger partial charge in [0.05, 0.1) is 18.3 Å². The first-order valence-corrected chi connectivity index (χ1v) is 19.4. The average molecular weight is 669 g/mol. The van der Waals surface area contributed by atoms with Crippen LogP contribution in [-0.2, 0) is 19.1 Å². The molecule has 0 aromatic heterocycles. The van der Waals surface area contributed by atoms with Crippen molar-refractivity contribution >= 4 is 11.9 Å².